The molecule has 1 aromatic carbocycles. The van der Waals surface area contributed by atoms with Gasteiger partial charge in [0.2, 0.25) is 0 Å². The summed E-state index contributed by atoms with van der Waals surface area (Å²) in [4.78, 5) is 29.6. The molecule has 0 spiro atoms. The van der Waals surface area contributed by atoms with E-state index in [2.05, 4.69) is 4.98 Å². The molecule has 0 unspecified atom stereocenters. The number of aromatic amines is 1. The van der Waals surface area contributed by atoms with E-state index in [1.807, 2.05) is 24.3 Å². The fourth-order valence-electron chi connectivity index (χ4n) is 3.90. The Labute approximate surface area is 145 Å². The molecule has 1 aliphatic carbocycles. The van der Waals surface area contributed by atoms with E-state index in [1.54, 1.807) is 4.90 Å². The number of rotatable bonds is 3. The predicted molar refractivity (Wildman–Crippen MR) is 91.8 cm³/mol. The molecule has 1 aromatic heterocycles. The Balaban J connectivity index is 1.41. The van der Waals surface area contributed by atoms with Crippen molar-refractivity contribution in [2.45, 2.75) is 44.2 Å². The summed E-state index contributed by atoms with van der Waals surface area (Å²) in [5.41, 5.74) is 1.99. The van der Waals surface area contributed by atoms with Gasteiger partial charge < -0.3 is 19.7 Å². The fraction of sp³-hybridized carbons (Fsp3) is 0.474. The van der Waals surface area contributed by atoms with E-state index in [0.717, 1.165) is 35.7 Å². The first-order valence-electron chi connectivity index (χ1n) is 8.83. The van der Waals surface area contributed by atoms with E-state index in [-0.39, 0.29) is 12.5 Å². The van der Waals surface area contributed by atoms with Crippen LogP contribution in [0.4, 0.5) is 0 Å². The van der Waals surface area contributed by atoms with Crippen LogP contribution in [0, 0.1) is 0 Å². The number of carbonyl (C=O) groups is 2. The molecule has 6 nitrogen and oxygen atoms in total. The summed E-state index contributed by atoms with van der Waals surface area (Å²) < 4.78 is 5.11. The largest absolute Gasteiger partial charge is 0.453 e. The highest BCUT2D eigenvalue weighted by Crippen LogP contribution is 2.31. The van der Waals surface area contributed by atoms with Gasteiger partial charge in [-0.25, -0.2) is 4.79 Å². The molecular weight excluding hydrogens is 320 g/mol. The summed E-state index contributed by atoms with van der Waals surface area (Å²) in [6.45, 7) is 0.805. The molecule has 6 heteroatoms. The van der Waals surface area contributed by atoms with E-state index in [0.29, 0.717) is 25.9 Å². The normalized spacial score (nSPS) is 19.0. The highest BCUT2D eigenvalue weighted by molar-refractivity contribution is 5.87. The molecule has 4 rings (SSSR count). The molecule has 25 heavy (non-hydrogen) atoms. The number of carbonyl (C=O) groups excluding carboxylic acids is 2. The van der Waals surface area contributed by atoms with Crippen molar-refractivity contribution in [1.82, 2.24) is 9.88 Å². The fourth-order valence-corrected chi connectivity index (χ4v) is 3.90. The van der Waals surface area contributed by atoms with Gasteiger partial charge in [-0.3, -0.25) is 4.79 Å². The molecule has 1 fully saturated rings. The van der Waals surface area contributed by atoms with E-state index in [1.165, 1.54) is 5.69 Å². The maximum absolute atomic E-state index is 12.4. The SMILES string of the molecule is O=C(COC(=O)C1(O)CCCC1)N1CCc2[nH]c3ccccc3c2C1. The third-order valence-electron chi connectivity index (χ3n) is 5.37. The molecule has 2 heterocycles. The summed E-state index contributed by atoms with van der Waals surface area (Å²) >= 11 is 0. The van der Waals surface area contributed by atoms with Crippen molar-refractivity contribution in [2.24, 2.45) is 0 Å². The highest BCUT2D eigenvalue weighted by atomic mass is 16.6. The number of aromatic nitrogens is 1. The maximum atomic E-state index is 12.4. The first-order valence-corrected chi connectivity index (χ1v) is 8.83. The Kier molecular flexibility index (Phi) is 4.00. The molecule has 2 aliphatic rings. The minimum absolute atomic E-state index is 0.217. The van der Waals surface area contributed by atoms with Crippen molar-refractivity contribution in [1.29, 1.82) is 0 Å². The number of nitrogens with zero attached hydrogens (tertiary/aromatic N) is 1. The van der Waals surface area contributed by atoms with Gasteiger partial charge in [-0.2, -0.15) is 0 Å². The van der Waals surface area contributed by atoms with Crippen molar-refractivity contribution in [3.05, 3.63) is 35.5 Å². The second-order valence-electron chi connectivity index (χ2n) is 7.01. The lowest BCUT2D eigenvalue weighted by molar-refractivity contribution is -0.168. The second kappa shape index (κ2) is 6.19. The van der Waals surface area contributed by atoms with Gasteiger partial charge in [0, 0.05) is 41.7 Å². The van der Waals surface area contributed by atoms with Gasteiger partial charge in [-0.15, -0.1) is 0 Å². The molecule has 1 amide bonds. The zero-order chi connectivity index (χ0) is 17.4. The van der Waals surface area contributed by atoms with Crippen LogP contribution in [0.5, 0.6) is 0 Å². The zero-order valence-corrected chi connectivity index (χ0v) is 14.1. The Morgan fingerprint density at radius 3 is 2.80 bits per heavy atom. The lowest BCUT2D eigenvalue weighted by atomic mass is 10.0. The molecule has 0 saturated heterocycles. The lowest BCUT2D eigenvalue weighted by Gasteiger charge is -2.28. The smallest absolute Gasteiger partial charge is 0.338 e. The first-order chi connectivity index (χ1) is 12.1. The lowest BCUT2D eigenvalue weighted by Crippen LogP contribution is -2.42. The van der Waals surface area contributed by atoms with Crippen LogP contribution in [-0.4, -0.2) is 45.6 Å². The predicted octanol–water partition coefficient (Wildman–Crippen LogP) is 1.90. The number of hydrogen-bond donors (Lipinski definition) is 2. The Morgan fingerprint density at radius 2 is 2.00 bits per heavy atom. The molecule has 132 valence electrons. The molecule has 0 radical (unpaired) electrons. The number of benzene rings is 1. The van der Waals surface area contributed by atoms with Crippen molar-refractivity contribution in [3.8, 4) is 0 Å². The van der Waals surface area contributed by atoms with Gasteiger partial charge in [0.25, 0.3) is 5.91 Å². The molecule has 1 aliphatic heterocycles. The van der Waals surface area contributed by atoms with E-state index in [9.17, 15) is 14.7 Å². The van der Waals surface area contributed by atoms with Gasteiger partial charge in [0.1, 0.15) is 0 Å². The maximum Gasteiger partial charge on any atom is 0.338 e. The Morgan fingerprint density at radius 1 is 1.24 bits per heavy atom. The summed E-state index contributed by atoms with van der Waals surface area (Å²) in [6.07, 6.45) is 3.22. The van der Waals surface area contributed by atoms with Gasteiger partial charge in [0.15, 0.2) is 12.2 Å². The number of amides is 1. The number of H-pyrrole nitrogens is 1. The number of hydrogen-bond acceptors (Lipinski definition) is 4. The van der Waals surface area contributed by atoms with Gasteiger partial charge in [-0.05, 0) is 31.7 Å². The average molecular weight is 342 g/mol. The minimum Gasteiger partial charge on any atom is -0.453 e. The summed E-state index contributed by atoms with van der Waals surface area (Å²) in [6, 6.07) is 8.06. The summed E-state index contributed by atoms with van der Waals surface area (Å²) in [7, 11) is 0. The molecule has 2 N–H and O–H groups in total. The Bertz CT molecular complexity index is 820. The van der Waals surface area contributed by atoms with Crippen LogP contribution in [0.15, 0.2) is 24.3 Å². The van der Waals surface area contributed by atoms with Gasteiger partial charge >= 0.3 is 5.97 Å². The topological polar surface area (TPSA) is 82.6 Å². The van der Waals surface area contributed by atoms with Crippen molar-refractivity contribution < 1.29 is 19.4 Å². The third-order valence-corrected chi connectivity index (χ3v) is 5.37. The van der Waals surface area contributed by atoms with E-state index < -0.39 is 11.6 Å². The van der Waals surface area contributed by atoms with Crippen molar-refractivity contribution >= 4 is 22.8 Å². The summed E-state index contributed by atoms with van der Waals surface area (Å²) in [5.74, 6) is -0.881. The van der Waals surface area contributed by atoms with Gasteiger partial charge in [0.05, 0.1) is 0 Å². The number of aliphatic hydroxyl groups is 1. The summed E-state index contributed by atoms with van der Waals surface area (Å²) in [5, 5.41) is 11.3. The van der Waals surface area contributed by atoms with Crippen LogP contribution in [0.25, 0.3) is 10.9 Å². The van der Waals surface area contributed by atoms with Gasteiger partial charge in [-0.1, -0.05) is 18.2 Å². The zero-order valence-electron chi connectivity index (χ0n) is 14.1. The van der Waals surface area contributed by atoms with Crippen molar-refractivity contribution in [2.75, 3.05) is 13.2 Å². The number of ether oxygens (including phenoxy) is 1. The van der Waals surface area contributed by atoms with Crippen LogP contribution in [0.3, 0.4) is 0 Å². The monoisotopic (exact) mass is 342 g/mol. The number of nitrogens with one attached hydrogen (secondary N) is 1. The molecule has 0 bridgehead atoms. The van der Waals surface area contributed by atoms with Crippen molar-refractivity contribution in [3.63, 3.8) is 0 Å². The third kappa shape index (κ3) is 2.91. The molecule has 2 aromatic rings. The molecule has 1 saturated carbocycles. The molecular formula is C19H22N2O4. The number of para-hydroxylation sites is 1. The standard InChI is InChI=1S/C19H22N2O4/c22-17(12-25-18(23)19(24)8-3-4-9-19)21-10-7-16-14(11-21)13-5-1-2-6-15(13)20-16/h1-2,5-6,20,24H,3-4,7-12H2. The first kappa shape index (κ1) is 16.1. The van der Waals surface area contributed by atoms with Crippen LogP contribution >= 0.6 is 0 Å². The molecule has 0 atom stereocenters. The van der Waals surface area contributed by atoms with Crippen LogP contribution in [-0.2, 0) is 27.3 Å². The van der Waals surface area contributed by atoms with Crippen LogP contribution in [0.1, 0.15) is 36.9 Å². The number of fused-ring (bicyclic) bond motifs is 3. The highest BCUT2D eigenvalue weighted by Gasteiger charge is 2.40. The second-order valence-corrected chi connectivity index (χ2v) is 7.01. The quantitative estimate of drug-likeness (QED) is 0.835. The van der Waals surface area contributed by atoms with E-state index in [4.69, 9.17) is 4.74 Å². The van der Waals surface area contributed by atoms with Crippen LogP contribution < -0.4 is 0 Å². The van der Waals surface area contributed by atoms with Crippen LogP contribution in [0.2, 0.25) is 0 Å². The number of esters is 1. The Hall–Kier alpha value is -2.34. The van der Waals surface area contributed by atoms with E-state index >= 15 is 0 Å². The minimum atomic E-state index is -1.40. The average Bonchev–Trinajstić information content (AvgIpc) is 3.23.